The van der Waals surface area contributed by atoms with Crippen LogP contribution < -0.4 is 11.1 Å². The minimum absolute atomic E-state index is 0. The number of halogens is 1. The first-order valence-corrected chi connectivity index (χ1v) is 7.54. The molecule has 19 heavy (non-hydrogen) atoms. The van der Waals surface area contributed by atoms with Crippen LogP contribution in [-0.4, -0.2) is 18.5 Å². The average molecular weight is 291 g/mol. The van der Waals surface area contributed by atoms with Crippen LogP contribution in [0.4, 0.5) is 0 Å². The number of hydrogen-bond donors (Lipinski definition) is 2. The van der Waals surface area contributed by atoms with Gasteiger partial charge in [0.05, 0.1) is 0 Å². The van der Waals surface area contributed by atoms with Crippen molar-refractivity contribution >= 4 is 18.3 Å². The van der Waals surface area contributed by atoms with E-state index in [2.05, 4.69) is 26.1 Å². The highest BCUT2D eigenvalue weighted by molar-refractivity contribution is 5.85. The molecule has 114 valence electrons. The number of carbonyl (C=O) groups is 1. The fraction of sp³-hybridized carbons (Fsp3) is 0.933. The number of rotatable bonds is 6. The Hall–Kier alpha value is -0.280. The lowest BCUT2D eigenvalue weighted by Crippen LogP contribution is -2.46. The van der Waals surface area contributed by atoms with Crippen molar-refractivity contribution in [3.8, 4) is 0 Å². The van der Waals surface area contributed by atoms with E-state index in [1.54, 1.807) is 0 Å². The quantitative estimate of drug-likeness (QED) is 0.790. The number of carbonyl (C=O) groups excluding carboxylic acids is 1. The van der Waals surface area contributed by atoms with Gasteiger partial charge in [0.25, 0.3) is 0 Å². The van der Waals surface area contributed by atoms with Gasteiger partial charge in [-0.05, 0) is 30.6 Å². The van der Waals surface area contributed by atoms with E-state index in [0.717, 1.165) is 0 Å². The van der Waals surface area contributed by atoms with Gasteiger partial charge < -0.3 is 11.1 Å². The molecule has 3 nitrogen and oxygen atoms in total. The highest BCUT2D eigenvalue weighted by atomic mass is 35.5. The molecule has 0 radical (unpaired) electrons. The van der Waals surface area contributed by atoms with Crippen molar-refractivity contribution < 1.29 is 4.79 Å². The number of amides is 1. The first-order valence-electron chi connectivity index (χ1n) is 7.54. The van der Waals surface area contributed by atoms with Crippen molar-refractivity contribution in [3.63, 3.8) is 0 Å². The summed E-state index contributed by atoms with van der Waals surface area (Å²) < 4.78 is 0. The molecule has 1 amide bonds. The monoisotopic (exact) mass is 290 g/mol. The first kappa shape index (κ1) is 18.7. The third-order valence-corrected chi connectivity index (χ3v) is 4.46. The molecule has 0 saturated heterocycles. The first-order chi connectivity index (χ1) is 8.54. The van der Waals surface area contributed by atoms with E-state index in [4.69, 9.17) is 5.73 Å². The van der Waals surface area contributed by atoms with Crippen LogP contribution in [0, 0.1) is 17.8 Å². The summed E-state index contributed by atoms with van der Waals surface area (Å²) in [6.07, 6.45) is 7.00. The Morgan fingerprint density at radius 2 is 1.79 bits per heavy atom. The molecule has 0 heterocycles. The van der Waals surface area contributed by atoms with Crippen molar-refractivity contribution in [2.75, 3.05) is 6.54 Å². The Morgan fingerprint density at radius 3 is 2.26 bits per heavy atom. The Labute approximate surface area is 124 Å². The molecule has 0 bridgehead atoms. The molecule has 1 rings (SSSR count). The molecule has 1 fully saturated rings. The van der Waals surface area contributed by atoms with Gasteiger partial charge in [0.2, 0.25) is 5.91 Å². The average Bonchev–Trinajstić information content (AvgIpc) is 2.36. The molecule has 0 aliphatic heterocycles. The van der Waals surface area contributed by atoms with Gasteiger partial charge in [-0.1, -0.05) is 40.0 Å². The lowest BCUT2D eigenvalue weighted by molar-refractivity contribution is -0.123. The van der Waals surface area contributed by atoms with Gasteiger partial charge in [-0.15, -0.1) is 12.4 Å². The fourth-order valence-electron chi connectivity index (χ4n) is 2.70. The Kier molecular flexibility index (Phi) is 9.46. The van der Waals surface area contributed by atoms with E-state index in [0.29, 0.717) is 30.7 Å². The van der Waals surface area contributed by atoms with E-state index in [-0.39, 0.29) is 24.4 Å². The summed E-state index contributed by atoms with van der Waals surface area (Å²) >= 11 is 0. The summed E-state index contributed by atoms with van der Waals surface area (Å²) in [5.41, 5.74) is 5.83. The molecule has 1 aliphatic rings. The van der Waals surface area contributed by atoms with E-state index >= 15 is 0 Å². The minimum Gasteiger partial charge on any atom is -0.352 e. The largest absolute Gasteiger partial charge is 0.352 e. The van der Waals surface area contributed by atoms with E-state index in [9.17, 15) is 4.79 Å². The standard InChI is InChI=1S/C15H30N2O.ClH/c1-11(2)12(3)9-15(18)17-14(10-16)13-7-5-4-6-8-13;/h11-14H,4-10,16H2,1-3H3,(H,17,18);1H. The zero-order chi connectivity index (χ0) is 13.5. The van der Waals surface area contributed by atoms with Crippen molar-refractivity contribution in [2.45, 2.75) is 65.3 Å². The van der Waals surface area contributed by atoms with E-state index < -0.39 is 0 Å². The summed E-state index contributed by atoms with van der Waals surface area (Å²) in [6.45, 7) is 7.05. The van der Waals surface area contributed by atoms with Crippen molar-refractivity contribution in [3.05, 3.63) is 0 Å². The van der Waals surface area contributed by atoms with Crippen LogP contribution >= 0.6 is 12.4 Å². The predicted octanol–water partition coefficient (Wildman–Crippen LogP) is 3.11. The molecular weight excluding hydrogens is 260 g/mol. The van der Waals surface area contributed by atoms with Crippen LogP contribution in [0.2, 0.25) is 0 Å². The lowest BCUT2D eigenvalue weighted by Gasteiger charge is -2.30. The molecule has 0 aromatic rings. The van der Waals surface area contributed by atoms with Crippen LogP contribution in [-0.2, 0) is 4.79 Å². The third-order valence-electron chi connectivity index (χ3n) is 4.46. The number of hydrogen-bond acceptors (Lipinski definition) is 2. The van der Waals surface area contributed by atoms with Gasteiger partial charge in [0, 0.05) is 19.0 Å². The topological polar surface area (TPSA) is 55.1 Å². The van der Waals surface area contributed by atoms with Crippen molar-refractivity contribution in [1.29, 1.82) is 0 Å². The lowest BCUT2D eigenvalue weighted by atomic mass is 9.83. The van der Waals surface area contributed by atoms with Gasteiger partial charge in [0.15, 0.2) is 0 Å². The van der Waals surface area contributed by atoms with Gasteiger partial charge in [0.1, 0.15) is 0 Å². The summed E-state index contributed by atoms with van der Waals surface area (Å²) in [4.78, 5) is 12.0. The molecule has 0 aromatic heterocycles. The molecule has 3 N–H and O–H groups in total. The zero-order valence-electron chi connectivity index (χ0n) is 12.7. The molecular formula is C15H31ClN2O. The predicted molar refractivity (Wildman–Crippen MR) is 83.4 cm³/mol. The molecule has 1 saturated carbocycles. The number of nitrogens with two attached hydrogens (primary N) is 1. The normalized spacial score (nSPS) is 19.6. The number of nitrogens with one attached hydrogen (secondary N) is 1. The van der Waals surface area contributed by atoms with Crippen molar-refractivity contribution in [2.24, 2.45) is 23.5 Å². The Balaban J connectivity index is 0.00000324. The van der Waals surface area contributed by atoms with Gasteiger partial charge >= 0.3 is 0 Å². The summed E-state index contributed by atoms with van der Waals surface area (Å²) in [5.74, 6) is 1.77. The van der Waals surface area contributed by atoms with Crippen LogP contribution in [0.5, 0.6) is 0 Å². The van der Waals surface area contributed by atoms with E-state index in [1.165, 1.54) is 32.1 Å². The van der Waals surface area contributed by atoms with Crippen LogP contribution in [0.1, 0.15) is 59.3 Å². The van der Waals surface area contributed by atoms with Gasteiger partial charge in [-0.2, -0.15) is 0 Å². The van der Waals surface area contributed by atoms with Crippen LogP contribution in [0.3, 0.4) is 0 Å². The minimum atomic E-state index is 0. The molecule has 2 unspecified atom stereocenters. The second kappa shape index (κ2) is 9.60. The van der Waals surface area contributed by atoms with Gasteiger partial charge in [-0.25, -0.2) is 0 Å². The van der Waals surface area contributed by atoms with Crippen LogP contribution in [0.25, 0.3) is 0 Å². The SMILES string of the molecule is CC(C)C(C)CC(=O)NC(CN)C1CCCCC1.Cl. The molecule has 4 heteroatoms. The Bertz CT molecular complexity index is 253. The highest BCUT2D eigenvalue weighted by Gasteiger charge is 2.24. The second-order valence-electron chi connectivity index (χ2n) is 6.23. The maximum absolute atomic E-state index is 12.0. The smallest absolute Gasteiger partial charge is 0.220 e. The summed E-state index contributed by atoms with van der Waals surface area (Å²) in [6, 6.07) is 0.192. The van der Waals surface area contributed by atoms with Crippen LogP contribution in [0.15, 0.2) is 0 Å². The van der Waals surface area contributed by atoms with Crippen molar-refractivity contribution in [1.82, 2.24) is 5.32 Å². The zero-order valence-corrected chi connectivity index (χ0v) is 13.5. The second-order valence-corrected chi connectivity index (χ2v) is 6.23. The molecule has 0 spiro atoms. The molecule has 1 aliphatic carbocycles. The Morgan fingerprint density at radius 1 is 1.21 bits per heavy atom. The highest BCUT2D eigenvalue weighted by Crippen LogP contribution is 2.26. The maximum atomic E-state index is 12.0. The summed E-state index contributed by atoms with van der Waals surface area (Å²) in [7, 11) is 0. The maximum Gasteiger partial charge on any atom is 0.220 e. The molecule has 2 atom stereocenters. The van der Waals surface area contributed by atoms with Gasteiger partial charge in [-0.3, -0.25) is 4.79 Å². The molecule has 0 aromatic carbocycles. The third kappa shape index (κ3) is 6.62. The fourth-order valence-corrected chi connectivity index (χ4v) is 2.70. The summed E-state index contributed by atoms with van der Waals surface area (Å²) in [5, 5.41) is 3.16. The van der Waals surface area contributed by atoms with E-state index in [1.807, 2.05) is 0 Å².